The molecule has 0 bridgehead atoms. The highest BCUT2D eigenvalue weighted by Gasteiger charge is 2.09. The SMILES string of the molecule is CN=C(NCCN1CCCCC1)NCc1ccc(Oc2ccc(F)cc2)nc1. The number of nitrogens with zero attached hydrogens (tertiary/aromatic N) is 3. The van der Waals surface area contributed by atoms with Gasteiger partial charge in [-0.25, -0.2) is 9.37 Å². The number of guanidine groups is 1. The molecule has 1 saturated heterocycles. The van der Waals surface area contributed by atoms with Gasteiger partial charge in [-0.15, -0.1) is 0 Å². The van der Waals surface area contributed by atoms with Crippen molar-refractivity contribution in [3.63, 3.8) is 0 Å². The first-order valence-corrected chi connectivity index (χ1v) is 9.78. The molecule has 0 spiro atoms. The lowest BCUT2D eigenvalue weighted by Gasteiger charge is -2.26. The fraction of sp³-hybridized carbons (Fsp3) is 0.429. The molecule has 0 unspecified atom stereocenters. The number of nitrogens with one attached hydrogen (secondary N) is 2. The fourth-order valence-electron chi connectivity index (χ4n) is 3.12. The predicted octanol–water partition coefficient (Wildman–Crippen LogP) is 3.16. The molecule has 1 aromatic heterocycles. The van der Waals surface area contributed by atoms with Crippen LogP contribution in [0.3, 0.4) is 0 Å². The summed E-state index contributed by atoms with van der Waals surface area (Å²) in [6.07, 6.45) is 5.73. The summed E-state index contributed by atoms with van der Waals surface area (Å²) < 4.78 is 18.5. The van der Waals surface area contributed by atoms with E-state index in [0.717, 1.165) is 24.6 Å². The highest BCUT2D eigenvalue weighted by atomic mass is 19.1. The molecule has 3 rings (SSSR count). The number of hydrogen-bond acceptors (Lipinski definition) is 4. The zero-order chi connectivity index (χ0) is 19.6. The van der Waals surface area contributed by atoms with Crippen LogP contribution < -0.4 is 15.4 Å². The van der Waals surface area contributed by atoms with E-state index in [0.29, 0.717) is 18.2 Å². The van der Waals surface area contributed by atoms with E-state index in [9.17, 15) is 4.39 Å². The molecule has 0 radical (unpaired) electrons. The van der Waals surface area contributed by atoms with Crippen molar-refractivity contribution in [3.8, 4) is 11.6 Å². The first-order valence-electron chi connectivity index (χ1n) is 9.78. The maximum Gasteiger partial charge on any atom is 0.219 e. The van der Waals surface area contributed by atoms with Crippen molar-refractivity contribution in [1.29, 1.82) is 0 Å². The Bertz CT molecular complexity index is 742. The molecule has 1 aliphatic heterocycles. The summed E-state index contributed by atoms with van der Waals surface area (Å²) >= 11 is 0. The topological polar surface area (TPSA) is 61.8 Å². The average Bonchev–Trinajstić information content (AvgIpc) is 2.74. The number of aromatic nitrogens is 1. The van der Waals surface area contributed by atoms with Gasteiger partial charge in [0.25, 0.3) is 0 Å². The van der Waals surface area contributed by atoms with Crippen LogP contribution in [0, 0.1) is 5.82 Å². The summed E-state index contributed by atoms with van der Waals surface area (Å²) in [6.45, 7) is 4.94. The van der Waals surface area contributed by atoms with Crippen LogP contribution in [0.5, 0.6) is 11.6 Å². The van der Waals surface area contributed by atoms with E-state index >= 15 is 0 Å². The summed E-state index contributed by atoms with van der Waals surface area (Å²) in [4.78, 5) is 11.1. The number of halogens is 1. The molecule has 0 saturated carbocycles. The Morgan fingerprint density at radius 1 is 1.11 bits per heavy atom. The maximum absolute atomic E-state index is 12.9. The van der Waals surface area contributed by atoms with E-state index in [-0.39, 0.29) is 5.82 Å². The van der Waals surface area contributed by atoms with Crippen molar-refractivity contribution < 1.29 is 9.13 Å². The van der Waals surface area contributed by atoms with E-state index in [1.165, 1.54) is 44.5 Å². The van der Waals surface area contributed by atoms with E-state index in [1.54, 1.807) is 31.4 Å². The Hall–Kier alpha value is -2.67. The molecular formula is C21H28FN5O. The third kappa shape index (κ3) is 6.49. The van der Waals surface area contributed by atoms with Gasteiger partial charge in [0, 0.05) is 38.9 Å². The van der Waals surface area contributed by atoms with Crippen LogP contribution in [0.1, 0.15) is 24.8 Å². The van der Waals surface area contributed by atoms with Crippen LogP contribution >= 0.6 is 0 Å². The molecule has 0 aliphatic carbocycles. The average molecular weight is 385 g/mol. The fourth-order valence-corrected chi connectivity index (χ4v) is 3.12. The molecule has 7 heteroatoms. The number of likely N-dealkylation sites (tertiary alicyclic amines) is 1. The molecule has 1 aromatic carbocycles. The minimum atomic E-state index is -0.292. The Kier molecular flexibility index (Phi) is 7.61. The zero-order valence-corrected chi connectivity index (χ0v) is 16.3. The largest absolute Gasteiger partial charge is 0.439 e. The van der Waals surface area contributed by atoms with Crippen molar-refractivity contribution in [2.75, 3.05) is 33.2 Å². The van der Waals surface area contributed by atoms with Crippen LogP contribution in [0.25, 0.3) is 0 Å². The van der Waals surface area contributed by atoms with Crippen molar-refractivity contribution >= 4 is 5.96 Å². The molecule has 28 heavy (non-hydrogen) atoms. The number of hydrogen-bond donors (Lipinski definition) is 2. The molecule has 0 amide bonds. The van der Waals surface area contributed by atoms with Gasteiger partial charge in [0.2, 0.25) is 5.88 Å². The summed E-state index contributed by atoms with van der Waals surface area (Å²) in [7, 11) is 1.77. The molecule has 1 aliphatic rings. The van der Waals surface area contributed by atoms with Gasteiger partial charge in [0.05, 0.1) is 0 Å². The molecule has 0 atom stereocenters. The van der Waals surface area contributed by atoms with Crippen LogP contribution in [0.4, 0.5) is 4.39 Å². The van der Waals surface area contributed by atoms with Crippen molar-refractivity contribution in [1.82, 2.24) is 20.5 Å². The van der Waals surface area contributed by atoms with E-state index in [4.69, 9.17) is 4.74 Å². The predicted molar refractivity (Wildman–Crippen MR) is 109 cm³/mol. The smallest absolute Gasteiger partial charge is 0.219 e. The van der Waals surface area contributed by atoms with E-state index in [2.05, 4.69) is 25.5 Å². The Labute approximate surface area is 165 Å². The summed E-state index contributed by atoms with van der Waals surface area (Å²) in [5.41, 5.74) is 1.02. The van der Waals surface area contributed by atoms with Crippen LogP contribution in [-0.2, 0) is 6.54 Å². The van der Waals surface area contributed by atoms with Gasteiger partial charge < -0.3 is 20.3 Å². The maximum atomic E-state index is 12.9. The number of benzene rings is 1. The van der Waals surface area contributed by atoms with Gasteiger partial charge in [-0.2, -0.15) is 0 Å². The van der Waals surface area contributed by atoms with E-state index < -0.39 is 0 Å². The Morgan fingerprint density at radius 2 is 1.89 bits per heavy atom. The number of pyridine rings is 1. The molecule has 2 aromatic rings. The summed E-state index contributed by atoms with van der Waals surface area (Å²) in [5, 5.41) is 6.65. The van der Waals surface area contributed by atoms with Crippen molar-refractivity contribution in [2.45, 2.75) is 25.8 Å². The number of ether oxygens (including phenoxy) is 1. The first-order chi connectivity index (χ1) is 13.7. The lowest BCUT2D eigenvalue weighted by atomic mass is 10.1. The van der Waals surface area contributed by atoms with Crippen LogP contribution in [-0.4, -0.2) is 49.1 Å². The molecule has 2 N–H and O–H groups in total. The number of piperidine rings is 1. The molecule has 6 nitrogen and oxygen atoms in total. The number of rotatable bonds is 7. The van der Waals surface area contributed by atoms with Gasteiger partial charge in [0.1, 0.15) is 11.6 Å². The molecule has 150 valence electrons. The number of aliphatic imine (C=N–C) groups is 1. The van der Waals surface area contributed by atoms with Gasteiger partial charge in [-0.1, -0.05) is 12.5 Å². The second kappa shape index (κ2) is 10.6. The highest BCUT2D eigenvalue weighted by Crippen LogP contribution is 2.19. The second-order valence-corrected chi connectivity index (χ2v) is 6.82. The molecule has 1 fully saturated rings. The second-order valence-electron chi connectivity index (χ2n) is 6.82. The molecular weight excluding hydrogens is 357 g/mol. The first kappa shape index (κ1) is 20.1. The Morgan fingerprint density at radius 3 is 2.57 bits per heavy atom. The van der Waals surface area contributed by atoms with E-state index in [1.807, 2.05) is 6.07 Å². The molecule has 2 heterocycles. The Balaban J connectivity index is 1.40. The van der Waals surface area contributed by atoms with Gasteiger partial charge in [-0.05, 0) is 55.8 Å². The minimum Gasteiger partial charge on any atom is -0.439 e. The van der Waals surface area contributed by atoms with Gasteiger partial charge >= 0.3 is 0 Å². The third-order valence-electron chi connectivity index (χ3n) is 4.69. The summed E-state index contributed by atoms with van der Waals surface area (Å²) in [6, 6.07) is 9.61. The quantitative estimate of drug-likeness (QED) is 0.566. The minimum absolute atomic E-state index is 0.292. The van der Waals surface area contributed by atoms with Crippen LogP contribution in [0.2, 0.25) is 0 Å². The van der Waals surface area contributed by atoms with Crippen molar-refractivity contribution in [3.05, 3.63) is 54.0 Å². The monoisotopic (exact) mass is 385 g/mol. The summed E-state index contributed by atoms with van der Waals surface area (Å²) in [5.74, 6) is 1.51. The standard InChI is InChI=1S/C21H28FN5O/c1-23-21(24-11-14-27-12-3-2-4-13-27)26-16-17-5-10-20(25-15-17)28-19-8-6-18(22)7-9-19/h5-10,15H,2-4,11-14,16H2,1H3,(H2,23,24,26). The normalized spacial score (nSPS) is 15.3. The van der Waals surface area contributed by atoms with Gasteiger partial charge in [0.15, 0.2) is 5.96 Å². The van der Waals surface area contributed by atoms with Crippen molar-refractivity contribution in [2.24, 2.45) is 4.99 Å². The lowest BCUT2D eigenvalue weighted by molar-refractivity contribution is 0.232. The van der Waals surface area contributed by atoms with Crippen LogP contribution in [0.15, 0.2) is 47.6 Å². The lowest BCUT2D eigenvalue weighted by Crippen LogP contribution is -2.42. The third-order valence-corrected chi connectivity index (χ3v) is 4.69. The zero-order valence-electron chi connectivity index (χ0n) is 16.3. The highest BCUT2D eigenvalue weighted by molar-refractivity contribution is 5.79. The van der Waals surface area contributed by atoms with Gasteiger partial charge in [-0.3, -0.25) is 4.99 Å².